The van der Waals surface area contributed by atoms with Crippen LogP contribution in [0.2, 0.25) is 0 Å². The summed E-state index contributed by atoms with van der Waals surface area (Å²) in [6.07, 6.45) is -0.0893. The van der Waals surface area contributed by atoms with Crippen molar-refractivity contribution in [1.29, 1.82) is 5.41 Å². The number of nitrogens with zero attached hydrogens (tertiary/aromatic N) is 3. The molecule has 0 saturated carbocycles. The summed E-state index contributed by atoms with van der Waals surface area (Å²) in [5.41, 5.74) is -3.52. The first-order valence-electron chi connectivity index (χ1n) is 10.9. The van der Waals surface area contributed by atoms with Gasteiger partial charge in [-0.3, -0.25) is 20.3 Å². The zero-order chi connectivity index (χ0) is 24.1. The molecule has 2 N–H and O–H groups in total. The van der Waals surface area contributed by atoms with Gasteiger partial charge in [0.05, 0.1) is 0 Å². The zero-order valence-electron chi connectivity index (χ0n) is 19.6. The summed E-state index contributed by atoms with van der Waals surface area (Å²) in [5, 5.41) is 10.8. The van der Waals surface area contributed by atoms with Gasteiger partial charge in [-0.15, -0.1) is 0 Å². The number of alkyl carbamates (subject to hydrolysis) is 1. The van der Waals surface area contributed by atoms with Crippen LogP contribution in [0.3, 0.4) is 0 Å². The lowest BCUT2D eigenvalue weighted by Crippen LogP contribution is -2.76. The molecule has 3 rings (SSSR count). The lowest BCUT2D eigenvalue weighted by Gasteiger charge is -2.51. The fraction of sp³-hybridized carbons (Fsp3) is 0.762. The van der Waals surface area contributed by atoms with Gasteiger partial charge in [-0.25, -0.2) is 14.5 Å². The van der Waals surface area contributed by atoms with Gasteiger partial charge in [0, 0.05) is 19.5 Å². The molecule has 11 nitrogen and oxygen atoms in total. The van der Waals surface area contributed by atoms with Crippen LogP contribution in [0.5, 0.6) is 0 Å². The highest BCUT2D eigenvalue weighted by Crippen LogP contribution is 2.42. The van der Waals surface area contributed by atoms with E-state index in [0.717, 1.165) is 4.90 Å². The van der Waals surface area contributed by atoms with Crippen molar-refractivity contribution in [2.45, 2.75) is 90.1 Å². The number of amides is 4. The number of carbonyl (C=O) groups excluding carboxylic acids is 4. The van der Waals surface area contributed by atoms with Crippen molar-refractivity contribution in [2.24, 2.45) is 0 Å². The topological polar surface area (TPSA) is 132 Å². The van der Waals surface area contributed by atoms with Crippen molar-refractivity contribution in [3.63, 3.8) is 0 Å². The number of piperazine rings is 1. The van der Waals surface area contributed by atoms with Crippen molar-refractivity contribution in [3.8, 4) is 0 Å². The molecule has 3 fully saturated rings. The Balaban J connectivity index is 2.02. The zero-order valence-corrected chi connectivity index (χ0v) is 19.6. The number of guanidine groups is 1. The Morgan fingerprint density at radius 1 is 1.06 bits per heavy atom. The van der Waals surface area contributed by atoms with E-state index < -0.39 is 47.0 Å². The van der Waals surface area contributed by atoms with Crippen molar-refractivity contribution in [2.75, 3.05) is 13.1 Å². The predicted molar refractivity (Wildman–Crippen MR) is 114 cm³/mol. The first-order valence-corrected chi connectivity index (χ1v) is 10.9. The number of rotatable bonds is 1. The van der Waals surface area contributed by atoms with E-state index in [2.05, 4.69) is 5.32 Å². The number of carbonyl (C=O) groups is 4. The van der Waals surface area contributed by atoms with Gasteiger partial charge in [0.2, 0.25) is 17.5 Å². The van der Waals surface area contributed by atoms with Gasteiger partial charge >= 0.3 is 12.2 Å². The Kier molecular flexibility index (Phi) is 5.90. The van der Waals surface area contributed by atoms with Gasteiger partial charge in [-0.05, 0) is 60.8 Å². The molecule has 0 aliphatic carbocycles. The molecule has 11 heteroatoms. The number of ether oxygens (including phenoxy) is 2. The Hall–Kier alpha value is -2.85. The number of hydrogen-bond donors (Lipinski definition) is 2. The Bertz CT molecular complexity index is 845. The third kappa shape index (κ3) is 4.24. The number of fused-ring (bicyclic) bond motifs is 2. The van der Waals surface area contributed by atoms with Crippen LogP contribution in [0.25, 0.3) is 0 Å². The minimum Gasteiger partial charge on any atom is -0.444 e. The molecule has 178 valence electrons. The van der Waals surface area contributed by atoms with Crippen LogP contribution in [-0.2, 0) is 19.1 Å². The first kappa shape index (κ1) is 23.8. The van der Waals surface area contributed by atoms with E-state index in [-0.39, 0.29) is 18.9 Å². The minimum atomic E-state index is -1.76. The second kappa shape index (κ2) is 7.93. The average molecular weight is 452 g/mol. The normalized spacial score (nSPS) is 25.2. The molecule has 0 bridgehead atoms. The van der Waals surface area contributed by atoms with E-state index in [0.29, 0.717) is 25.8 Å². The molecular weight excluding hydrogens is 418 g/mol. The second-order valence-corrected chi connectivity index (χ2v) is 10.4. The molecule has 0 unspecified atom stereocenters. The maximum absolute atomic E-state index is 13.7. The van der Waals surface area contributed by atoms with Gasteiger partial charge in [-0.1, -0.05) is 0 Å². The van der Waals surface area contributed by atoms with E-state index in [9.17, 15) is 19.2 Å². The number of hydrogen-bond acceptors (Lipinski definition) is 7. The van der Waals surface area contributed by atoms with E-state index in [1.54, 1.807) is 41.5 Å². The fourth-order valence-electron chi connectivity index (χ4n) is 4.51. The standard InChI is InChI=1S/C21H33N5O6/c1-19(2,3)31-17(29)23-16(22)26(18(30)32-20(4,5)6)21-10-8-12-25(21)14(27)13-9-7-11-24(13)15(21)28/h13H,7-12H2,1-6H3,(H2,22,23,29)/t13-,21+/m0/s1. The minimum absolute atomic E-state index is 0.137. The molecule has 32 heavy (non-hydrogen) atoms. The third-order valence-electron chi connectivity index (χ3n) is 5.55. The lowest BCUT2D eigenvalue weighted by molar-refractivity contribution is -0.174. The molecule has 0 radical (unpaired) electrons. The SMILES string of the molecule is CC(C)(C)OC(=O)NC(=N)N(C(=O)OC(C)(C)C)[C@@]12CCCN1C(=O)[C@@H]1CCCN1C2=O. The summed E-state index contributed by atoms with van der Waals surface area (Å²) in [6.45, 7) is 10.6. The summed E-state index contributed by atoms with van der Waals surface area (Å²) >= 11 is 0. The lowest BCUT2D eigenvalue weighted by atomic mass is 9.97. The molecule has 3 aliphatic heterocycles. The van der Waals surface area contributed by atoms with E-state index in [1.165, 1.54) is 9.80 Å². The van der Waals surface area contributed by atoms with Crippen LogP contribution in [0.1, 0.15) is 67.2 Å². The van der Waals surface area contributed by atoms with Crippen LogP contribution in [0.4, 0.5) is 9.59 Å². The average Bonchev–Trinajstić information content (AvgIpc) is 3.24. The molecule has 0 aromatic rings. The van der Waals surface area contributed by atoms with Crippen LogP contribution in [0, 0.1) is 5.41 Å². The molecule has 0 aromatic heterocycles. The van der Waals surface area contributed by atoms with Crippen LogP contribution in [0.15, 0.2) is 0 Å². The molecule has 4 amide bonds. The van der Waals surface area contributed by atoms with Gasteiger partial charge in [0.25, 0.3) is 5.91 Å². The summed E-state index contributed by atoms with van der Waals surface area (Å²) < 4.78 is 10.7. The quantitative estimate of drug-likeness (QED) is 0.463. The predicted octanol–water partition coefficient (Wildman–Crippen LogP) is 2.01. The Morgan fingerprint density at radius 3 is 2.28 bits per heavy atom. The molecule has 0 spiro atoms. The molecule has 2 atom stereocenters. The monoisotopic (exact) mass is 451 g/mol. The maximum atomic E-state index is 13.7. The van der Waals surface area contributed by atoms with Gasteiger partial charge in [0.1, 0.15) is 17.2 Å². The Labute approximate surface area is 187 Å². The van der Waals surface area contributed by atoms with Crippen molar-refractivity contribution >= 4 is 30.0 Å². The summed E-state index contributed by atoms with van der Waals surface area (Å²) in [5.74, 6) is -1.36. The van der Waals surface area contributed by atoms with Gasteiger partial charge in [0.15, 0.2) is 0 Å². The Morgan fingerprint density at radius 2 is 1.69 bits per heavy atom. The van der Waals surface area contributed by atoms with Crippen LogP contribution in [-0.4, -0.2) is 80.7 Å². The largest absolute Gasteiger partial charge is 0.444 e. The van der Waals surface area contributed by atoms with E-state index in [4.69, 9.17) is 14.9 Å². The highest BCUT2D eigenvalue weighted by Gasteiger charge is 2.65. The fourth-order valence-corrected chi connectivity index (χ4v) is 4.51. The van der Waals surface area contributed by atoms with Crippen molar-refractivity contribution in [1.82, 2.24) is 20.0 Å². The third-order valence-corrected chi connectivity index (χ3v) is 5.55. The molecule has 0 aromatic carbocycles. The first-order chi connectivity index (χ1) is 14.7. The van der Waals surface area contributed by atoms with Crippen LogP contribution < -0.4 is 5.32 Å². The highest BCUT2D eigenvalue weighted by atomic mass is 16.6. The van der Waals surface area contributed by atoms with Crippen molar-refractivity contribution < 1.29 is 28.7 Å². The van der Waals surface area contributed by atoms with E-state index >= 15 is 0 Å². The molecule has 3 saturated heterocycles. The summed E-state index contributed by atoms with van der Waals surface area (Å²) in [7, 11) is 0. The highest BCUT2D eigenvalue weighted by molar-refractivity contribution is 6.08. The van der Waals surface area contributed by atoms with Crippen LogP contribution >= 0.6 is 0 Å². The molecule has 3 aliphatic rings. The summed E-state index contributed by atoms with van der Waals surface area (Å²) in [4.78, 5) is 56.3. The van der Waals surface area contributed by atoms with Crippen molar-refractivity contribution in [3.05, 3.63) is 0 Å². The smallest absolute Gasteiger partial charge is 0.419 e. The number of nitrogens with one attached hydrogen (secondary N) is 2. The van der Waals surface area contributed by atoms with Gasteiger partial charge in [-0.2, -0.15) is 0 Å². The maximum Gasteiger partial charge on any atom is 0.419 e. The van der Waals surface area contributed by atoms with Gasteiger partial charge < -0.3 is 19.3 Å². The second-order valence-electron chi connectivity index (χ2n) is 10.4. The van der Waals surface area contributed by atoms with E-state index in [1.807, 2.05) is 0 Å². The summed E-state index contributed by atoms with van der Waals surface area (Å²) in [6, 6.07) is -0.554. The molecular formula is C21H33N5O6. The molecule has 3 heterocycles.